The van der Waals surface area contributed by atoms with E-state index in [-0.39, 0.29) is 35.7 Å². The Morgan fingerprint density at radius 2 is 1.41 bits per heavy atom. The third kappa shape index (κ3) is 7.64. The monoisotopic (exact) mass is 782 g/mol. The lowest BCUT2D eigenvalue weighted by molar-refractivity contribution is -0.136. The maximum Gasteiger partial charge on any atom is 0.405 e. The number of aromatic amines is 2. The van der Waals surface area contributed by atoms with Crippen LogP contribution in [0.25, 0.3) is 44.2 Å². The van der Waals surface area contributed by atoms with Gasteiger partial charge in [0.1, 0.15) is 23.7 Å². The van der Waals surface area contributed by atoms with Crippen LogP contribution in [0.2, 0.25) is 0 Å². The van der Waals surface area contributed by atoms with Gasteiger partial charge in [0, 0.05) is 17.7 Å². The van der Waals surface area contributed by atoms with Gasteiger partial charge >= 0.3 is 12.2 Å². The Labute approximate surface area is 326 Å². The molecule has 56 heavy (non-hydrogen) atoms. The number of nitrogens with zero attached hydrogens (tertiary/aromatic N) is 4. The quantitative estimate of drug-likeness (QED) is 0.0877. The molecule has 4 amide bonds. The second kappa shape index (κ2) is 15.2. The van der Waals surface area contributed by atoms with E-state index in [0.717, 1.165) is 62.8 Å². The Kier molecular flexibility index (Phi) is 10.5. The fourth-order valence-electron chi connectivity index (χ4n) is 8.10. The van der Waals surface area contributed by atoms with Crippen LogP contribution in [0.5, 0.6) is 0 Å². The van der Waals surface area contributed by atoms with E-state index in [9.17, 15) is 29.4 Å². The smallest absolute Gasteiger partial charge is 0.405 e. The fraction of sp³-hybridized carbons (Fsp3) is 0.415. The number of imidazole rings is 2. The van der Waals surface area contributed by atoms with Crippen LogP contribution in [0.15, 0.2) is 60.8 Å². The first kappa shape index (κ1) is 38.7. The summed E-state index contributed by atoms with van der Waals surface area (Å²) in [6.45, 7) is 7.89. The normalized spacial score (nSPS) is 19.8. The maximum atomic E-state index is 13.7. The van der Waals surface area contributed by atoms with Crippen molar-refractivity contribution in [1.82, 2.24) is 40.4 Å². The predicted molar refractivity (Wildman–Crippen MR) is 219 cm³/mol. The highest BCUT2D eigenvalue weighted by Gasteiger charge is 2.43. The van der Waals surface area contributed by atoms with Gasteiger partial charge in [0.05, 0.1) is 40.9 Å². The van der Waals surface area contributed by atoms with Gasteiger partial charge in [0.2, 0.25) is 11.8 Å². The second-order valence-corrected chi connectivity index (χ2v) is 20.3. The van der Waals surface area contributed by atoms with Crippen molar-refractivity contribution in [3.8, 4) is 22.4 Å². The van der Waals surface area contributed by atoms with E-state index >= 15 is 0 Å². The van der Waals surface area contributed by atoms with Gasteiger partial charge in [0.15, 0.2) is 0 Å². The van der Waals surface area contributed by atoms with Gasteiger partial charge in [-0.3, -0.25) is 9.59 Å². The number of rotatable bonds is 10. The van der Waals surface area contributed by atoms with E-state index in [1.54, 1.807) is 16.0 Å². The summed E-state index contributed by atoms with van der Waals surface area (Å²) in [5.74, 6) is 1.89. The van der Waals surface area contributed by atoms with Crippen molar-refractivity contribution in [1.29, 1.82) is 0 Å². The minimum Gasteiger partial charge on any atom is -0.465 e. The summed E-state index contributed by atoms with van der Waals surface area (Å²) >= 11 is 0. The number of hydrogen-bond acceptors (Lipinski definition) is 6. The van der Waals surface area contributed by atoms with Gasteiger partial charge in [-0.25, -0.2) is 29.6 Å². The highest BCUT2D eigenvalue weighted by Crippen LogP contribution is 2.52. The largest absolute Gasteiger partial charge is 0.465 e. The average molecular weight is 783 g/mol. The number of amides is 4. The standard InChI is InChI=1S/C41H50N8O6S/c1-22(2)33(46-40(52)53)38(50)48-17-7-8-31(48)37-43-29-16-14-27-18-26(13-15-28(27)35(29)45-37)24-9-11-25(12-10-24)30-19-42-36(44-30)32-20-56(5,6)21-49(32)39(51)34(23(3)4)47-41(54)55/h9-16,18-19,22-23,31-34,46-47H,7-8,17,20-21H2,1-6H3,(H,42,44)(H,43,45)(H,52,53)(H,54,55)/t31-,32-,33-,34-/m0/s1. The van der Waals surface area contributed by atoms with Crippen molar-refractivity contribution in [3.05, 3.63) is 72.4 Å². The van der Waals surface area contributed by atoms with Crippen LogP contribution < -0.4 is 10.6 Å². The molecule has 7 rings (SSSR count). The average Bonchev–Trinajstić information content (AvgIpc) is 3.97. The van der Waals surface area contributed by atoms with Crippen molar-refractivity contribution in [3.63, 3.8) is 0 Å². The molecular weight excluding hydrogens is 733 g/mol. The molecule has 6 N–H and O–H groups in total. The molecule has 0 spiro atoms. The Hall–Kier alpha value is -5.57. The first-order chi connectivity index (χ1) is 26.6. The minimum atomic E-state index is -1.22. The third-order valence-corrected chi connectivity index (χ3v) is 13.2. The fourth-order valence-corrected chi connectivity index (χ4v) is 10.5. The van der Waals surface area contributed by atoms with Crippen LogP contribution in [0.3, 0.4) is 0 Å². The van der Waals surface area contributed by atoms with Crippen molar-refractivity contribution >= 4 is 55.8 Å². The number of carboxylic acid groups (broad SMARTS) is 2. The lowest BCUT2D eigenvalue weighted by Gasteiger charge is -2.30. The lowest BCUT2D eigenvalue weighted by Crippen LogP contribution is -2.51. The molecule has 0 unspecified atom stereocenters. The Morgan fingerprint density at radius 3 is 2.05 bits per heavy atom. The zero-order chi connectivity index (χ0) is 40.1. The van der Waals surface area contributed by atoms with Gasteiger partial charge in [-0.1, -0.05) is 70.2 Å². The topological polar surface area (TPSA) is 197 Å². The molecular formula is C41H50N8O6S. The SMILES string of the molecule is CC(C)[C@H](NC(=O)O)C(=O)N1CS(C)(C)C[C@H]1c1ncc(-c2ccc(-c3ccc4c(ccc5[nH]c([C@@H]6CCCN6C(=O)[C@@H](NC(=O)O)C(C)C)nc54)c3)cc2)[nH]1. The summed E-state index contributed by atoms with van der Waals surface area (Å²) in [6, 6.07) is 16.4. The highest BCUT2D eigenvalue weighted by molar-refractivity contribution is 8.32. The number of nitrogens with one attached hydrogen (secondary N) is 4. The molecule has 296 valence electrons. The van der Waals surface area contributed by atoms with E-state index in [1.165, 1.54) is 0 Å². The third-order valence-electron chi connectivity index (χ3n) is 11.0. The molecule has 2 saturated heterocycles. The molecule has 2 aliphatic rings. The molecule has 2 aromatic heterocycles. The summed E-state index contributed by atoms with van der Waals surface area (Å²) in [5, 5.41) is 25.6. The summed E-state index contributed by atoms with van der Waals surface area (Å²) < 4.78 is 0. The Morgan fingerprint density at radius 1 is 0.786 bits per heavy atom. The number of hydrogen-bond donors (Lipinski definition) is 6. The number of fused-ring (bicyclic) bond motifs is 3. The molecule has 3 aromatic carbocycles. The van der Waals surface area contributed by atoms with Gasteiger partial charge in [-0.15, -0.1) is 0 Å². The Balaban J connectivity index is 1.09. The molecule has 0 saturated carbocycles. The van der Waals surface area contributed by atoms with Crippen LogP contribution in [0.4, 0.5) is 9.59 Å². The van der Waals surface area contributed by atoms with E-state index in [1.807, 2.05) is 45.9 Å². The molecule has 0 aliphatic carbocycles. The molecule has 4 atom stereocenters. The zero-order valence-electron chi connectivity index (χ0n) is 32.5. The van der Waals surface area contributed by atoms with Crippen molar-refractivity contribution in [2.24, 2.45) is 11.8 Å². The molecule has 0 bridgehead atoms. The van der Waals surface area contributed by atoms with Gasteiger partial charge in [-0.05, 0) is 71.4 Å². The van der Waals surface area contributed by atoms with Crippen LogP contribution in [-0.4, -0.2) is 107 Å². The van der Waals surface area contributed by atoms with E-state index in [4.69, 9.17) is 9.97 Å². The summed E-state index contributed by atoms with van der Waals surface area (Å²) in [5.41, 5.74) is 5.56. The van der Waals surface area contributed by atoms with Crippen LogP contribution >= 0.6 is 10.0 Å². The molecule has 2 fully saturated rings. The first-order valence-corrected chi connectivity index (χ1v) is 21.8. The van der Waals surface area contributed by atoms with Gasteiger partial charge in [0.25, 0.3) is 0 Å². The number of aromatic nitrogens is 4. The Bertz CT molecular complexity index is 2300. The van der Waals surface area contributed by atoms with Gasteiger partial charge in [-0.2, -0.15) is 0 Å². The van der Waals surface area contributed by atoms with Crippen molar-refractivity contribution in [2.45, 2.75) is 64.7 Å². The molecule has 2 aliphatic heterocycles. The number of carbonyl (C=O) groups excluding carboxylic acids is 2. The molecule has 14 nitrogen and oxygen atoms in total. The van der Waals surface area contributed by atoms with Crippen LogP contribution in [-0.2, 0) is 9.59 Å². The molecule has 4 heterocycles. The maximum absolute atomic E-state index is 13.7. The second-order valence-electron chi connectivity index (χ2n) is 16.2. The molecule has 5 aromatic rings. The van der Waals surface area contributed by atoms with E-state index in [2.05, 4.69) is 69.5 Å². The zero-order valence-corrected chi connectivity index (χ0v) is 33.3. The van der Waals surface area contributed by atoms with E-state index in [0.29, 0.717) is 24.1 Å². The minimum absolute atomic E-state index is 0.196. The summed E-state index contributed by atoms with van der Waals surface area (Å²) in [7, 11) is -1.13. The highest BCUT2D eigenvalue weighted by atomic mass is 32.3. The van der Waals surface area contributed by atoms with Crippen LogP contribution in [0.1, 0.15) is 64.3 Å². The van der Waals surface area contributed by atoms with Crippen molar-refractivity contribution in [2.75, 3.05) is 30.7 Å². The van der Waals surface area contributed by atoms with Crippen molar-refractivity contribution < 1.29 is 29.4 Å². The molecule has 15 heteroatoms. The number of H-pyrrole nitrogens is 2. The first-order valence-electron chi connectivity index (χ1n) is 19.0. The van der Waals surface area contributed by atoms with E-state index < -0.39 is 34.3 Å². The summed E-state index contributed by atoms with van der Waals surface area (Å²) in [4.78, 5) is 70.3. The molecule has 0 radical (unpaired) electrons. The predicted octanol–water partition coefficient (Wildman–Crippen LogP) is 6.93. The number of likely N-dealkylation sites (tertiary alicyclic amines) is 1. The van der Waals surface area contributed by atoms with Gasteiger partial charge < -0.3 is 40.6 Å². The number of benzene rings is 3. The lowest BCUT2D eigenvalue weighted by atomic mass is 9.99. The summed E-state index contributed by atoms with van der Waals surface area (Å²) in [6.07, 6.45) is 5.28. The number of carbonyl (C=O) groups is 4. The van der Waals surface area contributed by atoms with Crippen LogP contribution in [0, 0.1) is 11.8 Å².